The van der Waals surface area contributed by atoms with Crippen LogP contribution in [0.4, 0.5) is 0 Å². The Morgan fingerprint density at radius 1 is 1.33 bits per heavy atom. The number of hydrogen-bond acceptors (Lipinski definition) is 1. The molecule has 2 rings (SSSR count). The van der Waals surface area contributed by atoms with Crippen LogP contribution < -0.4 is 0 Å². The van der Waals surface area contributed by atoms with Crippen LogP contribution in [-0.2, 0) is 6.42 Å². The van der Waals surface area contributed by atoms with E-state index in [9.17, 15) is 5.11 Å². The van der Waals surface area contributed by atoms with Gasteiger partial charge in [-0.1, -0.05) is 56.5 Å². The Morgan fingerprint density at radius 3 is 2.78 bits per heavy atom. The minimum Gasteiger partial charge on any atom is -0.389 e. The van der Waals surface area contributed by atoms with Gasteiger partial charge in [0.1, 0.15) is 0 Å². The average molecular weight is 246 g/mol. The molecule has 0 spiro atoms. The molecule has 1 aromatic rings. The molecule has 1 N–H and O–H groups in total. The SMILES string of the molecule is Cc1cccc(CC2(O)CCCCC2C(C)C)c1. The monoisotopic (exact) mass is 246 g/mol. The first-order chi connectivity index (χ1) is 8.51. The van der Waals surface area contributed by atoms with Crippen molar-refractivity contribution in [1.29, 1.82) is 0 Å². The molecule has 100 valence electrons. The van der Waals surface area contributed by atoms with E-state index in [0.717, 1.165) is 12.8 Å². The maximum atomic E-state index is 11.0. The van der Waals surface area contributed by atoms with Crippen molar-refractivity contribution in [2.45, 2.75) is 58.5 Å². The van der Waals surface area contributed by atoms with Crippen LogP contribution in [0.5, 0.6) is 0 Å². The molecule has 18 heavy (non-hydrogen) atoms. The molecular formula is C17H26O. The zero-order chi connectivity index (χ0) is 13.2. The van der Waals surface area contributed by atoms with Gasteiger partial charge in [-0.25, -0.2) is 0 Å². The maximum absolute atomic E-state index is 11.0. The lowest BCUT2D eigenvalue weighted by Gasteiger charge is -2.42. The van der Waals surface area contributed by atoms with E-state index in [0.29, 0.717) is 11.8 Å². The molecule has 0 aromatic heterocycles. The first-order valence-electron chi connectivity index (χ1n) is 7.29. The highest BCUT2D eigenvalue weighted by Crippen LogP contribution is 2.40. The third-order valence-electron chi connectivity index (χ3n) is 4.46. The molecule has 1 saturated carbocycles. The second-order valence-corrected chi connectivity index (χ2v) is 6.37. The van der Waals surface area contributed by atoms with E-state index in [1.807, 2.05) is 0 Å². The molecule has 1 fully saturated rings. The topological polar surface area (TPSA) is 20.2 Å². The van der Waals surface area contributed by atoms with E-state index in [4.69, 9.17) is 0 Å². The molecule has 0 aliphatic heterocycles. The molecular weight excluding hydrogens is 220 g/mol. The second kappa shape index (κ2) is 5.44. The largest absolute Gasteiger partial charge is 0.389 e. The summed E-state index contributed by atoms with van der Waals surface area (Å²) in [4.78, 5) is 0. The predicted octanol–water partition coefficient (Wildman–Crippen LogP) is 4.11. The van der Waals surface area contributed by atoms with Gasteiger partial charge in [0.05, 0.1) is 5.60 Å². The van der Waals surface area contributed by atoms with Gasteiger partial charge in [0.15, 0.2) is 0 Å². The standard InChI is InChI=1S/C17H26O/c1-13(2)16-9-4-5-10-17(16,18)12-15-8-6-7-14(3)11-15/h6-8,11,13,16,18H,4-5,9-10,12H2,1-3H3. The van der Waals surface area contributed by atoms with Gasteiger partial charge in [-0.3, -0.25) is 0 Å². The highest BCUT2D eigenvalue weighted by molar-refractivity contribution is 5.24. The highest BCUT2D eigenvalue weighted by Gasteiger charge is 2.40. The van der Waals surface area contributed by atoms with Crippen LogP contribution in [-0.4, -0.2) is 10.7 Å². The van der Waals surface area contributed by atoms with Crippen molar-refractivity contribution in [2.24, 2.45) is 11.8 Å². The van der Waals surface area contributed by atoms with Crippen molar-refractivity contribution in [2.75, 3.05) is 0 Å². The van der Waals surface area contributed by atoms with Gasteiger partial charge in [0, 0.05) is 6.42 Å². The number of aryl methyl sites for hydroxylation is 1. The smallest absolute Gasteiger partial charge is 0.0718 e. The van der Waals surface area contributed by atoms with Crippen molar-refractivity contribution in [3.8, 4) is 0 Å². The normalized spacial score (nSPS) is 28.6. The summed E-state index contributed by atoms with van der Waals surface area (Å²) >= 11 is 0. The highest BCUT2D eigenvalue weighted by atomic mass is 16.3. The number of benzene rings is 1. The zero-order valence-corrected chi connectivity index (χ0v) is 11.9. The molecule has 0 amide bonds. The fourth-order valence-corrected chi connectivity index (χ4v) is 3.60. The summed E-state index contributed by atoms with van der Waals surface area (Å²) in [6.07, 6.45) is 5.41. The van der Waals surface area contributed by atoms with Crippen LogP contribution >= 0.6 is 0 Å². The molecule has 0 saturated heterocycles. The molecule has 1 aliphatic rings. The van der Waals surface area contributed by atoms with Gasteiger partial charge in [-0.15, -0.1) is 0 Å². The van der Waals surface area contributed by atoms with Gasteiger partial charge < -0.3 is 5.11 Å². The lowest BCUT2D eigenvalue weighted by molar-refractivity contribution is -0.0652. The first-order valence-corrected chi connectivity index (χ1v) is 7.29. The Morgan fingerprint density at radius 2 is 2.11 bits per heavy atom. The molecule has 1 aromatic carbocycles. The quantitative estimate of drug-likeness (QED) is 0.850. The van der Waals surface area contributed by atoms with Crippen molar-refractivity contribution in [3.05, 3.63) is 35.4 Å². The molecule has 2 unspecified atom stereocenters. The fraction of sp³-hybridized carbons (Fsp3) is 0.647. The summed E-state index contributed by atoms with van der Waals surface area (Å²) < 4.78 is 0. The van der Waals surface area contributed by atoms with E-state index < -0.39 is 5.60 Å². The Balaban J connectivity index is 2.18. The Bertz CT molecular complexity index is 396. The van der Waals surface area contributed by atoms with Crippen molar-refractivity contribution < 1.29 is 5.11 Å². The summed E-state index contributed by atoms with van der Waals surface area (Å²) in [5.41, 5.74) is 2.08. The number of rotatable bonds is 3. The van der Waals surface area contributed by atoms with Crippen LogP contribution in [0.3, 0.4) is 0 Å². The van der Waals surface area contributed by atoms with E-state index in [2.05, 4.69) is 45.0 Å². The molecule has 1 nitrogen and oxygen atoms in total. The zero-order valence-electron chi connectivity index (χ0n) is 11.9. The van der Waals surface area contributed by atoms with Crippen LogP contribution in [0.15, 0.2) is 24.3 Å². The fourth-order valence-electron chi connectivity index (χ4n) is 3.60. The van der Waals surface area contributed by atoms with Crippen molar-refractivity contribution in [3.63, 3.8) is 0 Å². The van der Waals surface area contributed by atoms with E-state index in [1.54, 1.807) is 0 Å². The molecule has 2 atom stereocenters. The molecule has 0 radical (unpaired) electrons. The van der Waals surface area contributed by atoms with Crippen LogP contribution in [0.2, 0.25) is 0 Å². The molecule has 1 aliphatic carbocycles. The minimum absolute atomic E-state index is 0.451. The van der Waals surface area contributed by atoms with Gasteiger partial charge in [-0.2, -0.15) is 0 Å². The summed E-state index contributed by atoms with van der Waals surface area (Å²) in [6.45, 7) is 6.61. The Kier molecular flexibility index (Phi) is 4.11. The Labute approximate surface area is 111 Å². The summed E-state index contributed by atoms with van der Waals surface area (Å²) in [6, 6.07) is 8.58. The predicted molar refractivity (Wildman–Crippen MR) is 76.6 cm³/mol. The van der Waals surface area contributed by atoms with Crippen LogP contribution in [0, 0.1) is 18.8 Å². The average Bonchev–Trinajstić information content (AvgIpc) is 2.28. The van der Waals surface area contributed by atoms with Crippen molar-refractivity contribution in [1.82, 2.24) is 0 Å². The van der Waals surface area contributed by atoms with Crippen LogP contribution in [0.25, 0.3) is 0 Å². The van der Waals surface area contributed by atoms with Crippen LogP contribution in [0.1, 0.15) is 50.7 Å². The van der Waals surface area contributed by atoms with Gasteiger partial charge in [0.2, 0.25) is 0 Å². The number of hydrogen-bond donors (Lipinski definition) is 1. The lowest BCUT2D eigenvalue weighted by atomic mass is 9.68. The van der Waals surface area contributed by atoms with Gasteiger partial charge in [-0.05, 0) is 37.2 Å². The molecule has 0 bridgehead atoms. The van der Waals surface area contributed by atoms with E-state index in [1.165, 1.54) is 30.4 Å². The summed E-state index contributed by atoms with van der Waals surface area (Å²) in [5.74, 6) is 1.02. The lowest BCUT2D eigenvalue weighted by Crippen LogP contribution is -2.45. The molecule has 1 heteroatoms. The maximum Gasteiger partial charge on any atom is 0.0718 e. The van der Waals surface area contributed by atoms with E-state index in [-0.39, 0.29) is 0 Å². The van der Waals surface area contributed by atoms with Crippen molar-refractivity contribution >= 4 is 0 Å². The molecule has 0 heterocycles. The van der Waals surface area contributed by atoms with Gasteiger partial charge >= 0.3 is 0 Å². The third kappa shape index (κ3) is 2.95. The minimum atomic E-state index is -0.486. The third-order valence-corrected chi connectivity index (χ3v) is 4.46. The second-order valence-electron chi connectivity index (χ2n) is 6.37. The number of aliphatic hydroxyl groups is 1. The summed E-state index contributed by atoms with van der Waals surface area (Å²) in [5, 5.41) is 11.0. The van der Waals surface area contributed by atoms with E-state index >= 15 is 0 Å². The Hall–Kier alpha value is -0.820. The first kappa shape index (κ1) is 13.6. The van der Waals surface area contributed by atoms with Gasteiger partial charge in [0.25, 0.3) is 0 Å². The summed E-state index contributed by atoms with van der Waals surface area (Å²) in [7, 11) is 0.